The van der Waals surface area contributed by atoms with Crippen LogP contribution in [0.15, 0.2) is 100 Å². The second-order valence-corrected chi connectivity index (χ2v) is 10.5. The van der Waals surface area contributed by atoms with Gasteiger partial charge in [0.15, 0.2) is 11.9 Å². The number of amidine groups is 1. The minimum absolute atomic E-state index is 0.0670. The zero-order valence-electron chi connectivity index (χ0n) is 20.5. The van der Waals surface area contributed by atoms with Crippen LogP contribution in [0.3, 0.4) is 0 Å². The molecular formula is C29H26N2O5S. The third-order valence-corrected chi connectivity index (χ3v) is 7.48. The number of hydrogen-bond acceptors (Lipinski definition) is 6. The lowest BCUT2D eigenvalue weighted by atomic mass is 10.1. The Kier molecular flexibility index (Phi) is 6.67. The van der Waals surface area contributed by atoms with Gasteiger partial charge in [-0.2, -0.15) is 8.42 Å². The molecule has 188 valence electrons. The van der Waals surface area contributed by atoms with Crippen LogP contribution in [0, 0.1) is 6.92 Å². The Hall–Kier alpha value is -4.17. The van der Waals surface area contributed by atoms with Crippen molar-refractivity contribution in [1.29, 1.82) is 0 Å². The highest BCUT2D eigenvalue weighted by molar-refractivity contribution is 7.90. The van der Waals surface area contributed by atoms with E-state index in [1.54, 1.807) is 48.3 Å². The molecule has 5 rings (SSSR count). The van der Waals surface area contributed by atoms with Gasteiger partial charge in [0.05, 0.1) is 12.1 Å². The van der Waals surface area contributed by atoms with Crippen molar-refractivity contribution in [2.45, 2.75) is 17.9 Å². The number of hydrogen-bond donors (Lipinski definition) is 0. The van der Waals surface area contributed by atoms with E-state index in [2.05, 4.69) is 4.40 Å². The number of fused-ring (bicyclic) bond motifs is 2. The van der Waals surface area contributed by atoms with Crippen LogP contribution in [0.2, 0.25) is 0 Å². The van der Waals surface area contributed by atoms with E-state index in [1.807, 2.05) is 55.5 Å². The van der Waals surface area contributed by atoms with Gasteiger partial charge >= 0.3 is 5.97 Å². The number of carbonyl (C=O) groups excluding carboxylic acids is 1. The second kappa shape index (κ2) is 10.1. The Balaban J connectivity index is 1.40. The summed E-state index contributed by atoms with van der Waals surface area (Å²) in [6.45, 7) is 2.14. The maximum Gasteiger partial charge on any atom is 0.338 e. The first-order valence-electron chi connectivity index (χ1n) is 11.9. The summed E-state index contributed by atoms with van der Waals surface area (Å²) in [6.07, 6.45) is -0.713. The number of esters is 1. The Morgan fingerprint density at radius 1 is 0.946 bits per heavy atom. The summed E-state index contributed by atoms with van der Waals surface area (Å²) >= 11 is 0. The molecule has 0 spiro atoms. The maximum atomic E-state index is 13.0. The number of rotatable bonds is 7. The quantitative estimate of drug-likeness (QED) is 0.328. The summed E-state index contributed by atoms with van der Waals surface area (Å²) < 4.78 is 41.1. The third-order valence-electron chi connectivity index (χ3n) is 6.15. The monoisotopic (exact) mass is 514 g/mol. The van der Waals surface area contributed by atoms with E-state index in [0.29, 0.717) is 22.7 Å². The maximum absolute atomic E-state index is 13.0. The molecule has 0 N–H and O–H groups in total. The first kappa shape index (κ1) is 24.5. The predicted molar refractivity (Wildman–Crippen MR) is 143 cm³/mol. The molecule has 37 heavy (non-hydrogen) atoms. The fourth-order valence-electron chi connectivity index (χ4n) is 4.38. The summed E-state index contributed by atoms with van der Waals surface area (Å²) in [6, 6.07) is 27.5. The Morgan fingerprint density at radius 3 is 2.51 bits per heavy atom. The van der Waals surface area contributed by atoms with Gasteiger partial charge in [-0.25, -0.2) is 4.79 Å². The molecule has 0 fully saturated rings. The van der Waals surface area contributed by atoms with Gasteiger partial charge < -0.3 is 14.4 Å². The van der Waals surface area contributed by atoms with Crippen LogP contribution in [0.5, 0.6) is 5.75 Å². The number of sulfonamides is 1. The molecule has 0 radical (unpaired) electrons. The molecule has 0 saturated carbocycles. The fraction of sp³-hybridized carbons (Fsp3) is 0.172. The molecule has 4 aromatic carbocycles. The van der Waals surface area contributed by atoms with Gasteiger partial charge in [0, 0.05) is 18.0 Å². The average molecular weight is 515 g/mol. The minimum atomic E-state index is -3.78. The normalized spacial score (nSPS) is 14.5. The predicted octanol–water partition coefficient (Wildman–Crippen LogP) is 4.83. The summed E-state index contributed by atoms with van der Waals surface area (Å²) in [4.78, 5) is 14.9. The SMILES string of the molecule is Cc1cccc(C(=O)O[C@@H](COc2cccc3ccccc23)CN(C)C2=NS(=O)(=O)c3ccccc32)c1. The van der Waals surface area contributed by atoms with Crippen LogP contribution in [0.4, 0.5) is 0 Å². The summed E-state index contributed by atoms with van der Waals surface area (Å²) in [5.74, 6) is 0.492. The smallest absolute Gasteiger partial charge is 0.338 e. The summed E-state index contributed by atoms with van der Waals surface area (Å²) in [7, 11) is -2.05. The lowest BCUT2D eigenvalue weighted by Gasteiger charge is -2.26. The van der Waals surface area contributed by atoms with Crippen LogP contribution in [0.25, 0.3) is 10.8 Å². The molecule has 0 saturated heterocycles. The van der Waals surface area contributed by atoms with Crippen molar-refractivity contribution >= 4 is 32.6 Å². The van der Waals surface area contributed by atoms with Gasteiger partial charge in [-0.1, -0.05) is 66.2 Å². The molecule has 1 heterocycles. The van der Waals surface area contributed by atoms with Crippen LogP contribution >= 0.6 is 0 Å². The largest absolute Gasteiger partial charge is 0.489 e. The molecule has 0 aromatic heterocycles. The summed E-state index contributed by atoms with van der Waals surface area (Å²) in [5, 5.41) is 1.98. The number of nitrogens with zero attached hydrogens (tertiary/aromatic N) is 2. The van der Waals surface area contributed by atoms with Crippen molar-refractivity contribution in [2.75, 3.05) is 20.2 Å². The first-order chi connectivity index (χ1) is 17.8. The van der Waals surface area contributed by atoms with E-state index < -0.39 is 22.1 Å². The molecule has 0 unspecified atom stereocenters. The number of carbonyl (C=O) groups is 1. The molecule has 0 amide bonds. The van der Waals surface area contributed by atoms with Gasteiger partial charge in [-0.3, -0.25) is 0 Å². The van der Waals surface area contributed by atoms with Crippen LogP contribution < -0.4 is 4.74 Å². The van der Waals surface area contributed by atoms with Crippen molar-refractivity contribution in [2.24, 2.45) is 4.40 Å². The van der Waals surface area contributed by atoms with Crippen molar-refractivity contribution in [1.82, 2.24) is 4.90 Å². The lowest BCUT2D eigenvalue weighted by molar-refractivity contribution is 0.0132. The number of ether oxygens (including phenoxy) is 2. The fourth-order valence-corrected chi connectivity index (χ4v) is 5.63. The number of aryl methyl sites for hydroxylation is 1. The van der Waals surface area contributed by atoms with E-state index in [1.165, 1.54) is 6.07 Å². The summed E-state index contributed by atoms with van der Waals surface area (Å²) in [5.41, 5.74) is 1.89. The average Bonchev–Trinajstić information content (AvgIpc) is 3.18. The van der Waals surface area contributed by atoms with Gasteiger partial charge in [-0.05, 0) is 42.6 Å². The molecule has 4 aromatic rings. The van der Waals surface area contributed by atoms with Crippen LogP contribution in [0.1, 0.15) is 21.5 Å². The molecule has 0 aliphatic carbocycles. The highest BCUT2D eigenvalue weighted by Crippen LogP contribution is 2.28. The lowest BCUT2D eigenvalue weighted by Crippen LogP contribution is -2.39. The first-order valence-corrected chi connectivity index (χ1v) is 13.3. The van der Waals surface area contributed by atoms with Crippen molar-refractivity contribution in [3.8, 4) is 5.75 Å². The van der Waals surface area contributed by atoms with E-state index in [0.717, 1.165) is 16.3 Å². The van der Waals surface area contributed by atoms with Crippen LogP contribution in [-0.2, 0) is 14.8 Å². The third kappa shape index (κ3) is 5.20. The zero-order chi connectivity index (χ0) is 26.0. The van der Waals surface area contributed by atoms with Crippen LogP contribution in [-0.4, -0.2) is 51.4 Å². The highest BCUT2D eigenvalue weighted by atomic mass is 32.2. The highest BCUT2D eigenvalue weighted by Gasteiger charge is 2.32. The van der Waals surface area contributed by atoms with Crippen molar-refractivity contribution in [3.05, 3.63) is 108 Å². The number of benzene rings is 4. The molecule has 8 heteroatoms. The standard InChI is InChI=1S/C29H26N2O5S/c1-20-9-7-12-22(17-20)29(32)36-23(19-35-26-15-8-11-21-10-3-4-13-24(21)26)18-31(2)28-25-14-5-6-16-27(25)37(33,34)30-28/h3-17,23H,18-19H2,1-2H3/t23-/m1/s1. The Labute approximate surface area is 216 Å². The molecule has 7 nitrogen and oxygen atoms in total. The van der Waals surface area contributed by atoms with Gasteiger partial charge in [0.2, 0.25) is 0 Å². The number of likely N-dealkylation sites (N-methyl/N-ethyl adjacent to an activating group) is 1. The van der Waals surface area contributed by atoms with Crippen molar-refractivity contribution in [3.63, 3.8) is 0 Å². The molecular weight excluding hydrogens is 488 g/mol. The van der Waals surface area contributed by atoms with E-state index in [-0.39, 0.29) is 18.0 Å². The minimum Gasteiger partial charge on any atom is -0.489 e. The Bertz CT molecular complexity index is 1610. The topological polar surface area (TPSA) is 85.3 Å². The second-order valence-electron chi connectivity index (χ2n) is 8.95. The van der Waals surface area contributed by atoms with E-state index in [4.69, 9.17) is 9.47 Å². The van der Waals surface area contributed by atoms with Crippen molar-refractivity contribution < 1.29 is 22.7 Å². The van der Waals surface area contributed by atoms with E-state index >= 15 is 0 Å². The van der Waals surface area contributed by atoms with E-state index in [9.17, 15) is 13.2 Å². The van der Waals surface area contributed by atoms with Gasteiger partial charge in [-0.15, -0.1) is 4.40 Å². The molecule has 0 bridgehead atoms. The molecule has 1 aliphatic heterocycles. The van der Waals surface area contributed by atoms with Gasteiger partial charge in [0.25, 0.3) is 10.0 Å². The molecule has 1 atom stereocenters. The van der Waals surface area contributed by atoms with Gasteiger partial charge in [0.1, 0.15) is 17.3 Å². The molecule has 1 aliphatic rings. The zero-order valence-corrected chi connectivity index (χ0v) is 21.3. The Morgan fingerprint density at radius 2 is 1.68 bits per heavy atom.